The maximum Gasteiger partial charge on any atom is 0.537 e. The highest BCUT2D eigenvalue weighted by molar-refractivity contribution is 8.02. The van der Waals surface area contributed by atoms with Crippen molar-refractivity contribution in [3.63, 3.8) is 0 Å². The first-order valence-corrected chi connectivity index (χ1v) is 8.60. The molecular weight excluding hydrogens is 337 g/mol. The molecule has 1 atom stereocenters. The van der Waals surface area contributed by atoms with E-state index in [1.807, 2.05) is 12.1 Å². The third-order valence-corrected chi connectivity index (χ3v) is 5.43. The first-order valence-electron chi connectivity index (χ1n) is 6.91. The standard InChI is InChI=1S/C13H14BN3O4S2/c1-7(19)15-12-16-17-13(23-12)22-10-5-8-3-2-4-9(6-18)11(8)21-14(10)20/h2-4,10,18,20H,5-6H2,1H3,(H,15,16,19)/t10-/m0/s1. The Labute approximate surface area is 141 Å². The van der Waals surface area contributed by atoms with Crippen molar-refractivity contribution in [1.29, 1.82) is 0 Å². The summed E-state index contributed by atoms with van der Waals surface area (Å²) in [6.07, 6.45) is 0.587. The van der Waals surface area contributed by atoms with Crippen molar-refractivity contribution in [2.24, 2.45) is 0 Å². The molecule has 2 aromatic rings. The molecule has 120 valence electrons. The van der Waals surface area contributed by atoms with E-state index in [-0.39, 0.29) is 17.7 Å². The lowest BCUT2D eigenvalue weighted by atomic mass is 9.77. The molecular formula is C13H14BN3O4S2. The number of aliphatic hydroxyl groups excluding tert-OH is 1. The van der Waals surface area contributed by atoms with Crippen LogP contribution in [0.15, 0.2) is 22.5 Å². The van der Waals surface area contributed by atoms with Gasteiger partial charge in [-0.05, 0) is 12.0 Å². The Bertz CT molecular complexity index is 727. The minimum absolute atomic E-state index is 0.135. The number of aromatic nitrogens is 2. The van der Waals surface area contributed by atoms with Gasteiger partial charge in [-0.2, -0.15) is 0 Å². The molecule has 0 fully saturated rings. The number of carbonyl (C=O) groups excluding carboxylic acids is 1. The minimum Gasteiger partial charge on any atom is -0.535 e. The molecule has 1 aromatic heterocycles. The molecule has 0 aliphatic carbocycles. The van der Waals surface area contributed by atoms with E-state index < -0.39 is 7.12 Å². The van der Waals surface area contributed by atoms with Crippen LogP contribution in [0.1, 0.15) is 18.1 Å². The second-order valence-corrected chi connectivity index (χ2v) is 7.45. The number of carbonyl (C=O) groups is 1. The van der Waals surface area contributed by atoms with Gasteiger partial charge in [0.2, 0.25) is 11.0 Å². The highest BCUT2D eigenvalue weighted by Gasteiger charge is 2.37. The summed E-state index contributed by atoms with van der Waals surface area (Å²) < 4.78 is 6.21. The Morgan fingerprint density at radius 3 is 3.13 bits per heavy atom. The number of para-hydroxylation sites is 1. The number of nitrogens with one attached hydrogen (secondary N) is 1. The molecule has 23 heavy (non-hydrogen) atoms. The number of fused-ring (bicyclic) bond motifs is 1. The number of rotatable bonds is 4. The number of anilines is 1. The fraction of sp³-hybridized carbons (Fsp3) is 0.308. The van der Waals surface area contributed by atoms with Crippen LogP contribution in [0.2, 0.25) is 0 Å². The van der Waals surface area contributed by atoms with Gasteiger partial charge in [0.25, 0.3) is 0 Å². The lowest BCUT2D eigenvalue weighted by Crippen LogP contribution is -2.40. The fourth-order valence-corrected chi connectivity index (χ4v) is 4.38. The maximum atomic E-state index is 11.0. The number of benzene rings is 1. The molecule has 0 radical (unpaired) electrons. The van der Waals surface area contributed by atoms with E-state index in [1.54, 1.807) is 6.07 Å². The van der Waals surface area contributed by atoms with Gasteiger partial charge >= 0.3 is 7.12 Å². The fourth-order valence-electron chi connectivity index (χ4n) is 2.28. The lowest BCUT2D eigenvalue weighted by molar-refractivity contribution is -0.114. The van der Waals surface area contributed by atoms with Gasteiger partial charge in [-0.1, -0.05) is 41.3 Å². The lowest BCUT2D eigenvalue weighted by Gasteiger charge is -2.27. The molecule has 0 saturated heterocycles. The molecule has 1 aromatic carbocycles. The zero-order valence-electron chi connectivity index (χ0n) is 12.2. The molecule has 3 N–H and O–H groups in total. The number of thioether (sulfide) groups is 1. The van der Waals surface area contributed by atoms with Crippen LogP contribution in [0.25, 0.3) is 0 Å². The highest BCUT2D eigenvalue weighted by Crippen LogP contribution is 2.37. The molecule has 3 rings (SSSR count). The summed E-state index contributed by atoms with van der Waals surface area (Å²) in [4.78, 5) is 11.0. The average molecular weight is 351 g/mol. The second kappa shape index (κ2) is 6.87. The molecule has 2 heterocycles. The van der Waals surface area contributed by atoms with Gasteiger partial charge in [0.05, 0.1) is 11.8 Å². The molecule has 1 aliphatic rings. The van der Waals surface area contributed by atoms with Crippen LogP contribution >= 0.6 is 23.1 Å². The van der Waals surface area contributed by atoms with Crippen LogP contribution in [0.4, 0.5) is 5.13 Å². The van der Waals surface area contributed by atoms with Crippen LogP contribution in [0.3, 0.4) is 0 Å². The van der Waals surface area contributed by atoms with E-state index in [9.17, 15) is 14.9 Å². The van der Waals surface area contributed by atoms with Crippen molar-refractivity contribution in [2.45, 2.75) is 29.4 Å². The first kappa shape index (κ1) is 16.3. The minimum atomic E-state index is -1.01. The van der Waals surface area contributed by atoms with Gasteiger partial charge in [-0.15, -0.1) is 10.2 Å². The largest absolute Gasteiger partial charge is 0.537 e. The molecule has 0 saturated carbocycles. The van der Waals surface area contributed by atoms with Crippen LogP contribution in [0.5, 0.6) is 5.75 Å². The highest BCUT2D eigenvalue weighted by atomic mass is 32.2. The smallest absolute Gasteiger partial charge is 0.535 e. The average Bonchev–Trinajstić information content (AvgIpc) is 2.93. The Morgan fingerprint density at radius 2 is 2.39 bits per heavy atom. The SMILES string of the molecule is CC(=O)Nc1nnc(S[C@H]2Cc3cccc(CO)c3OB2O)s1. The third-order valence-electron chi connectivity index (χ3n) is 3.27. The van der Waals surface area contributed by atoms with Gasteiger partial charge in [0.15, 0.2) is 4.34 Å². The van der Waals surface area contributed by atoms with Gasteiger partial charge in [-0.3, -0.25) is 4.79 Å². The number of nitrogens with zero attached hydrogens (tertiary/aromatic N) is 2. The summed E-state index contributed by atoms with van der Waals surface area (Å²) in [6.45, 7) is 1.27. The number of amides is 1. The van der Waals surface area contributed by atoms with E-state index >= 15 is 0 Å². The van der Waals surface area contributed by atoms with E-state index in [4.69, 9.17) is 4.65 Å². The Hall–Kier alpha value is -1.62. The van der Waals surface area contributed by atoms with Crippen molar-refractivity contribution in [3.8, 4) is 5.75 Å². The Kier molecular flexibility index (Phi) is 4.86. The Morgan fingerprint density at radius 1 is 1.57 bits per heavy atom. The van der Waals surface area contributed by atoms with E-state index in [2.05, 4.69) is 15.5 Å². The zero-order chi connectivity index (χ0) is 16.4. The molecule has 1 aliphatic heterocycles. The zero-order valence-corrected chi connectivity index (χ0v) is 13.9. The van der Waals surface area contributed by atoms with Crippen molar-refractivity contribution in [3.05, 3.63) is 29.3 Å². The molecule has 1 amide bonds. The summed E-state index contributed by atoms with van der Waals surface area (Å²) in [5.41, 5.74) is 1.60. The summed E-state index contributed by atoms with van der Waals surface area (Å²) in [7, 11) is -1.01. The summed E-state index contributed by atoms with van der Waals surface area (Å²) in [6, 6.07) is 5.53. The number of hydrogen-bond acceptors (Lipinski definition) is 8. The van der Waals surface area contributed by atoms with Gasteiger partial charge in [0.1, 0.15) is 5.75 Å². The monoisotopic (exact) mass is 351 g/mol. The predicted molar refractivity (Wildman–Crippen MR) is 88.5 cm³/mol. The van der Waals surface area contributed by atoms with Crippen molar-refractivity contribution < 1.29 is 19.6 Å². The van der Waals surface area contributed by atoms with Crippen LogP contribution < -0.4 is 9.97 Å². The van der Waals surface area contributed by atoms with Crippen LogP contribution in [0, 0.1) is 0 Å². The molecule has 0 bridgehead atoms. The molecule has 10 heteroatoms. The second-order valence-electron chi connectivity index (χ2n) is 4.99. The van der Waals surface area contributed by atoms with Crippen molar-refractivity contribution >= 4 is 41.3 Å². The summed E-state index contributed by atoms with van der Waals surface area (Å²) in [5.74, 6) is 0.347. The van der Waals surface area contributed by atoms with Gasteiger partial charge < -0.3 is 20.1 Å². The van der Waals surface area contributed by atoms with Crippen LogP contribution in [-0.2, 0) is 17.8 Å². The van der Waals surface area contributed by atoms with E-state index in [0.29, 0.717) is 27.2 Å². The first-order chi connectivity index (χ1) is 11.1. The van der Waals surface area contributed by atoms with Crippen LogP contribution in [-0.4, -0.2) is 38.5 Å². The summed E-state index contributed by atoms with van der Waals surface area (Å²) in [5, 5.41) is 30.2. The van der Waals surface area contributed by atoms with Gasteiger partial charge in [0, 0.05) is 12.5 Å². The molecule has 7 nitrogen and oxygen atoms in total. The van der Waals surface area contributed by atoms with Gasteiger partial charge in [-0.25, -0.2) is 0 Å². The summed E-state index contributed by atoms with van der Waals surface area (Å²) >= 11 is 2.60. The number of hydrogen-bond donors (Lipinski definition) is 3. The maximum absolute atomic E-state index is 11.0. The third kappa shape index (κ3) is 3.66. The van der Waals surface area contributed by atoms with E-state index in [1.165, 1.54) is 30.0 Å². The quantitative estimate of drug-likeness (QED) is 0.560. The Balaban J connectivity index is 1.74. The number of aliphatic hydroxyl groups is 1. The van der Waals surface area contributed by atoms with E-state index in [0.717, 1.165) is 5.56 Å². The van der Waals surface area contributed by atoms with Crippen molar-refractivity contribution in [2.75, 3.05) is 5.32 Å². The molecule has 0 unspecified atom stereocenters. The molecule has 0 spiro atoms. The topological polar surface area (TPSA) is 105 Å². The van der Waals surface area contributed by atoms with Crippen molar-refractivity contribution in [1.82, 2.24) is 10.2 Å². The predicted octanol–water partition coefficient (Wildman–Crippen LogP) is 1.10. The normalized spacial score (nSPS) is 16.7.